The van der Waals surface area contributed by atoms with Crippen LogP contribution in [0.15, 0.2) is 72.9 Å². The van der Waals surface area contributed by atoms with Crippen LogP contribution in [-0.2, 0) is 6.54 Å². The lowest BCUT2D eigenvalue weighted by atomic mass is 10.1. The van der Waals surface area contributed by atoms with Crippen molar-refractivity contribution in [2.24, 2.45) is 0 Å². The van der Waals surface area contributed by atoms with Crippen LogP contribution in [-0.4, -0.2) is 38.3 Å². The number of rotatable bonds is 7. The Balaban J connectivity index is 1.50. The molecule has 0 aliphatic carbocycles. The van der Waals surface area contributed by atoms with Crippen LogP contribution in [0.25, 0.3) is 10.9 Å². The summed E-state index contributed by atoms with van der Waals surface area (Å²) in [5, 5.41) is 3.55. The Morgan fingerprint density at radius 2 is 1.71 bits per heavy atom. The minimum atomic E-state index is -0.557. The highest BCUT2D eigenvalue weighted by Gasteiger charge is 2.44. The van der Waals surface area contributed by atoms with Crippen molar-refractivity contribution in [3.05, 3.63) is 84.3 Å². The molecule has 8 heteroatoms. The van der Waals surface area contributed by atoms with Gasteiger partial charge in [-0.25, -0.2) is 13.7 Å². The van der Waals surface area contributed by atoms with Crippen molar-refractivity contribution >= 4 is 22.6 Å². The molecule has 1 aromatic heterocycles. The average molecular weight is 475 g/mol. The Hall–Kier alpha value is -4.17. The van der Waals surface area contributed by atoms with Crippen LogP contribution in [0.3, 0.4) is 0 Å². The van der Waals surface area contributed by atoms with E-state index in [-0.39, 0.29) is 16.3 Å². The minimum absolute atomic E-state index is 0.00358. The number of hydrogen-bond donors (Lipinski definition) is 1. The van der Waals surface area contributed by atoms with E-state index in [1.54, 1.807) is 50.7 Å². The van der Waals surface area contributed by atoms with Crippen molar-refractivity contribution in [3.63, 3.8) is 0 Å². The standard InChI is InChI=1S/C27H24FN3O4/c1-33-25-15-20-22(16-26(25)34-2)29-11-10-23(20)35-24-9-8-19(14-21(24)28)31(13-12-30-27(31)32)17-18-6-4-3-5-7-18/h3-11,14-16H,12-13,17H2,1-2H3/p+1. The largest absolute Gasteiger partial charge is 0.493 e. The molecule has 178 valence electrons. The molecule has 0 saturated carbocycles. The van der Waals surface area contributed by atoms with E-state index in [0.29, 0.717) is 53.5 Å². The van der Waals surface area contributed by atoms with Crippen LogP contribution in [0, 0.1) is 5.82 Å². The quantitative estimate of drug-likeness (QED) is 0.363. The zero-order chi connectivity index (χ0) is 24.4. The normalized spacial score (nSPS) is 17.3. The van der Waals surface area contributed by atoms with Gasteiger partial charge < -0.3 is 14.2 Å². The van der Waals surface area contributed by atoms with Crippen LogP contribution < -0.4 is 24.0 Å². The van der Waals surface area contributed by atoms with Gasteiger partial charge in [0.1, 0.15) is 24.5 Å². The molecule has 4 aromatic rings. The van der Waals surface area contributed by atoms with Crippen LogP contribution >= 0.6 is 0 Å². The molecule has 1 fully saturated rings. The molecular formula is C27H25FN3O4+. The lowest BCUT2D eigenvalue weighted by Gasteiger charge is -2.29. The third kappa shape index (κ3) is 4.13. The number of fused-ring (bicyclic) bond motifs is 1. The first-order valence-corrected chi connectivity index (χ1v) is 11.2. The number of methoxy groups -OCH3 is 2. The monoisotopic (exact) mass is 474 g/mol. The van der Waals surface area contributed by atoms with Gasteiger partial charge in [-0.15, -0.1) is 0 Å². The van der Waals surface area contributed by atoms with Crippen molar-refractivity contribution in [1.29, 1.82) is 0 Å². The number of carbonyl (C=O) groups is 1. The van der Waals surface area contributed by atoms with Gasteiger partial charge in [0, 0.05) is 35.3 Å². The van der Waals surface area contributed by atoms with Gasteiger partial charge in [-0.2, -0.15) is 0 Å². The summed E-state index contributed by atoms with van der Waals surface area (Å²) in [5.41, 5.74) is 2.19. The number of amides is 2. The lowest BCUT2D eigenvalue weighted by Crippen LogP contribution is -2.51. The molecule has 35 heavy (non-hydrogen) atoms. The maximum atomic E-state index is 15.4. The minimum Gasteiger partial charge on any atom is -0.493 e. The second-order valence-electron chi connectivity index (χ2n) is 8.32. The fourth-order valence-electron chi connectivity index (χ4n) is 4.48. The highest BCUT2D eigenvalue weighted by atomic mass is 19.1. The number of aromatic nitrogens is 1. The van der Waals surface area contributed by atoms with Crippen molar-refractivity contribution in [1.82, 2.24) is 14.8 Å². The number of quaternary nitrogens is 1. The highest BCUT2D eigenvalue weighted by molar-refractivity contribution is 5.90. The van der Waals surface area contributed by atoms with Crippen molar-refractivity contribution < 1.29 is 23.4 Å². The van der Waals surface area contributed by atoms with Gasteiger partial charge >= 0.3 is 6.03 Å². The first-order valence-electron chi connectivity index (χ1n) is 11.2. The number of nitrogens with one attached hydrogen (secondary N) is 1. The van der Waals surface area contributed by atoms with Crippen molar-refractivity contribution in [3.8, 4) is 23.0 Å². The van der Waals surface area contributed by atoms with Crippen molar-refractivity contribution in [2.75, 3.05) is 27.3 Å². The third-order valence-corrected chi connectivity index (χ3v) is 6.29. The number of pyridine rings is 1. The van der Waals surface area contributed by atoms with E-state index in [1.165, 1.54) is 6.07 Å². The summed E-state index contributed by atoms with van der Waals surface area (Å²) in [5.74, 6) is 0.971. The van der Waals surface area contributed by atoms with E-state index < -0.39 is 5.82 Å². The summed E-state index contributed by atoms with van der Waals surface area (Å²) in [7, 11) is 3.09. The molecule has 0 bridgehead atoms. The molecule has 1 aliphatic rings. The van der Waals surface area contributed by atoms with Crippen LogP contribution in [0.2, 0.25) is 0 Å². The Labute approximate surface area is 202 Å². The van der Waals surface area contributed by atoms with Crippen LogP contribution in [0.4, 0.5) is 14.9 Å². The number of ether oxygens (including phenoxy) is 3. The second-order valence-corrected chi connectivity index (χ2v) is 8.32. The Morgan fingerprint density at radius 1 is 0.943 bits per heavy atom. The van der Waals surface area contributed by atoms with Gasteiger partial charge in [-0.3, -0.25) is 10.3 Å². The molecule has 2 heterocycles. The van der Waals surface area contributed by atoms with E-state index in [9.17, 15) is 4.79 Å². The van der Waals surface area contributed by atoms with Crippen molar-refractivity contribution in [2.45, 2.75) is 6.54 Å². The molecule has 0 spiro atoms. The summed E-state index contributed by atoms with van der Waals surface area (Å²) in [6, 6.07) is 19.4. The summed E-state index contributed by atoms with van der Waals surface area (Å²) < 4.78 is 32.1. The molecule has 1 atom stereocenters. The summed E-state index contributed by atoms with van der Waals surface area (Å²) in [4.78, 5) is 17.3. The predicted octanol–water partition coefficient (Wildman–Crippen LogP) is 5.41. The fourth-order valence-corrected chi connectivity index (χ4v) is 4.48. The summed E-state index contributed by atoms with van der Waals surface area (Å²) in [6.07, 6.45) is 1.59. The topological polar surface area (TPSA) is 69.7 Å². The molecule has 0 radical (unpaired) electrons. The maximum Gasteiger partial charge on any atom is 0.422 e. The average Bonchev–Trinajstić information content (AvgIpc) is 3.25. The van der Waals surface area contributed by atoms with E-state index in [1.807, 2.05) is 30.3 Å². The first kappa shape index (κ1) is 22.6. The summed E-state index contributed by atoms with van der Waals surface area (Å²) in [6.45, 7) is 1.49. The summed E-state index contributed by atoms with van der Waals surface area (Å²) >= 11 is 0. The zero-order valence-electron chi connectivity index (χ0n) is 19.5. The second kappa shape index (κ2) is 9.23. The van der Waals surface area contributed by atoms with E-state index in [2.05, 4.69) is 10.3 Å². The van der Waals surface area contributed by atoms with E-state index in [4.69, 9.17) is 14.2 Å². The molecule has 3 aromatic carbocycles. The first-order chi connectivity index (χ1) is 17.0. The molecule has 1 N–H and O–H groups in total. The van der Waals surface area contributed by atoms with Gasteiger partial charge in [-0.1, -0.05) is 30.3 Å². The molecule has 2 amide bonds. The lowest BCUT2D eigenvalue weighted by molar-refractivity contribution is 0.215. The fraction of sp³-hybridized carbons (Fsp3) is 0.185. The molecule has 1 aliphatic heterocycles. The van der Waals surface area contributed by atoms with Crippen LogP contribution in [0.1, 0.15) is 5.56 Å². The van der Waals surface area contributed by atoms with E-state index >= 15 is 4.39 Å². The number of benzene rings is 3. The number of nitrogens with zero attached hydrogens (tertiary/aromatic N) is 2. The number of hydrogen-bond acceptors (Lipinski definition) is 5. The maximum absolute atomic E-state index is 15.4. The van der Waals surface area contributed by atoms with E-state index in [0.717, 1.165) is 5.56 Å². The Morgan fingerprint density at radius 3 is 2.40 bits per heavy atom. The van der Waals surface area contributed by atoms with Gasteiger partial charge in [0.15, 0.2) is 23.1 Å². The number of halogens is 1. The zero-order valence-corrected chi connectivity index (χ0v) is 19.5. The molecule has 1 saturated heterocycles. The van der Waals surface area contributed by atoms with Gasteiger partial charge in [0.25, 0.3) is 0 Å². The predicted molar refractivity (Wildman–Crippen MR) is 132 cm³/mol. The SMILES string of the molecule is COc1cc2nccc(Oc3ccc([N+]4(Cc5ccccc5)CCNC4=O)cc3F)c2cc1OC. The van der Waals surface area contributed by atoms with Gasteiger partial charge in [-0.05, 0) is 18.2 Å². The molecular weight excluding hydrogens is 449 g/mol. The van der Waals surface area contributed by atoms with Crippen LogP contribution in [0.5, 0.6) is 23.0 Å². The molecule has 1 unspecified atom stereocenters. The highest BCUT2D eigenvalue weighted by Crippen LogP contribution is 2.39. The number of carbonyl (C=O) groups excluding carboxylic acids is 1. The molecule has 7 nitrogen and oxygen atoms in total. The number of urea groups is 1. The smallest absolute Gasteiger partial charge is 0.422 e. The van der Waals surface area contributed by atoms with Gasteiger partial charge in [0.2, 0.25) is 0 Å². The van der Waals surface area contributed by atoms with Gasteiger partial charge in [0.05, 0.1) is 26.3 Å². The Kier molecular flexibility index (Phi) is 5.96. The third-order valence-electron chi connectivity index (χ3n) is 6.29. The Bertz CT molecular complexity index is 1400. The molecule has 5 rings (SSSR count).